The van der Waals surface area contributed by atoms with Crippen molar-refractivity contribution in [3.05, 3.63) is 59.7 Å². The van der Waals surface area contributed by atoms with Gasteiger partial charge in [0.25, 0.3) is 0 Å². The maximum absolute atomic E-state index is 12.6. The first-order valence-corrected chi connectivity index (χ1v) is 9.73. The van der Waals surface area contributed by atoms with E-state index in [1.54, 1.807) is 19.2 Å². The van der Waals surface area contributed by atoms with Gasteiger partial charge in [0.05, 0.1) is 7.11 Å². The molecule has 2 aromatic carbocycles. The highest BCUT2D eigenvalue weighted by Gasteiger charge is 2.25. The smallest absolute Gasteiger partial charge is 0.387 e. The Bertz CT molecular complexity index is 815. The Balaban J connectivity index is 1.54. The van der Waals surface area contributed by atoms with E-state index in [1.807, 2.05) is 12.1 Å². The van der Waals surface area contributed by atoms with Gasteiger partial charge in [0.1, 0.15) is 0 Å². The van der Waals surface area contributed by atoms with Crippen LogP contribution in [-0.2, 0) is 6.42 Å². The highest BCUT2D eigenvalue weighted by atomic mass is 19.3. The van der Waals surface area contributed by atoms with Crippen molar-refractivity contribution in [2.24, 2.45) is 4.99 Å². The van der Waals surface area contributed by atoms with Crippen LogP contribution in [-0.4, -0.2) is 51.3 Å². The number of hydrogen-bond donors (Lipinski definition) is 1. The van der Waals surface area contributed by atoms with Gasteiger partial charge in [0.2, 0.25) is 0 Å². The van der Waals surface area contributed by atoms with E-state index in [0.29, 0.717) is 24.6 Å². The fourth-order valence-corrected chi connectivity index (χ4v) is 3.67. The van der Waals surface area contributed by atoms with Crippen LogP contribution < -0.4 is 14.8 Å². The Morgan fingerprint density at radius 2 is 2.00 bits per heavy atom. The molecule has 7 heteroatoms. The average molecular weight is 403 g/mol. The quantitative estimate of drug-likeness (QED) is 0.563. The Labute approximate surface area is 170 Å². The lowest BCUT2D eigenvalue weighted by molar-refractivity contribution is -0.0512. The SMILES string of the molecule is CN=C(NCCc1ccc(OC)c(OC(F)F)c1)N1CCC(c2ccccc2)C1. The van der Waals surface area contributed by atoms with E-state index in [2.05, 4.69) is 44.2 Å². The molecule has 1 fully saturated rings. The largest absolute Gasteiger partial charge is 0.493 e. The number of nitrogens with one attached hydrogen (secondary N) is 1. The maximum Gasteiger partial charge on any atom is 0.387 e. The van der Waals surface area contributed by atoms with Gasteiger partial charge >= 0.3 is 6.61 Å². The Morgan fingerprint density at radius 3 is 2.69 bits per heavy atom. The van der Waals surface area contributed by atoms with Gasteiger partial charge in [0.15, 0.2) is 17.5 Å². The van der Waals surface area contributed by atoms with Crippen LogP contribution in [0.3, 0.4) is 0 Å². The Morgan fingerprint density at radius 1 is 1.21 bits per heavy atom. The van der Waals surface area contributed by atoms with Gasteiger partial charge in [-0.25, -0.2) is 0 Å². The first kappa shape index (κ1) is 20.9. The summed E-state index contributed by atoms with van der Waals surface area (Å²) < 4.78 is 34.8. The molecule has 0 radical (unpaired) electrons. The monoisotopic (exact) mass is 403 g/mol. The van der Waals surface area contributed by atoms with Crippen LogP contribution in [0.5, 0.6) is 11.5 Å². The lowest BCUT2D eigenvalue weighted by Crippen LogP contribution is -2.40. The van der Waals surface area contributed by atoms with Gasteiger partial charge in [-0.2, -0.15) is 8.78 Å². The number of likely N-dealkylation sites (tertiary alicyclic amines) is 1. The lowest BCUT2D eigenvalue weighted by atomic mass is 9.99. The normalized spacial score (nSPS) is 16.9. The van der Waals surface area contributed by atoms with Gasteiger partial charge in [-0.05, 0) is 36.1 Å². The number of ether oxygens (including phenoxy) is 2. The van der Waals surface area contributed by atoms with E-state index in [0.717, 1.165) is 31.0 Å². The number of nitrogens with zero attached hydrogens (tertiary/aromatic N) is 2. The summed E-state index contributed by atoms with van der Waals surface area (Å²) in [4.78, 5) is 6.66. The first-order chi connectivity index (χ1) is 14.1. The minimum absolute atomic E-state index is 0.0506. The average Bonchev–Trinajstić information content (AvgIpc) is 3.22. The number of aliphatic imine (C=N–C) groups is 1. The van der Waals surface area contributed by atoms with Crippen LogP contribution in [0.15, 0.2) is 53.5 Å². The zero-order valence-corrected chi connectivity index (χ0v) is 16.8. The predicted octanol–water partition coefficient (Wildman–Crippen LogP) is 3.90. The highest BCUT2D eigenvalue weighted by molar-refractivity contribution is 5.80. The van der Waals surface area contributed by atoms with Gasteiger partial charge in [-0.1, -0.05) is 36.4 Å². The summed E-state index contributed by atoms with van der Waals surface area (Å²) in [5.74, 6) is 1.71. The number of halogens is 2. The van der Waals surface area contributed by atoms with Crippen molar-refractivity contribution < 1.29 is 18.3 Å². The molecule has 2 aromatic rings. The molecule has 0 spiro atoms. The molecule has 0 amide bonds. The minimum Gasteiger partial charge on any atom is -0.493 e. The van der Waals surface area contributed by atoms with Crippen LogP contribution in [0.25, 0.3) is 0 Å². The molecule has 1 heterocycles. The van der Waals surface area contributed by atoms with Crippen molar-refractivity contribution in [1.29, 1.82) is 0 Å². The molecule has 1 unspecified atom stereocenters. The molecular weight excluding hydrogens is 376 g/mol. The van der Waals surface area contributed by atoms with E-state index < -0.39 is 6.61 Å². The fourth-order valence-electron chi connectivity index (χ4n) is 3.67. The predicted molar refractivity (Wildman–Crippen MR) is 110 cm³/mol. The van der Waals surface area contributed by atoms with Crippen LogP contribution in [0.2, 0.25) is 0 Å². The number of hydrogen-bond acceptors (Lipinski definition) is 3. The van der Waals surface area contributed by atoms with E-state index in [4.69, 9.17) is 4.74 Å². The third-order valence-corrected chi connectivity index (χ3v) is 5.11. The van der Waals surface area contributed by atoms with Crippen LogP contribution in [0.1, 0.15) is 23.5 Å². The molecule has 1 aliphatic rings. The molecule has 0 saturated carbocycles. The van der Waals surface area contributed by atoms with Crippen molar-refractivity contribution in [2.45, 2.75) is 25.4 Å². The second-order valence-corrected chi connectivity index (χ2v) is 6.93. The summed E-state index contributed by atoms with van der Waals surface area (Å²) in [5.41, 5.74) is 2.24. The molecule has 156 valence electrons. The molecular formula is C22H27F2N3O2. The Hall–Kier alpha value is -2.83. The maximum atomic E-state index is 12.6. The molecule has 1 aliphatic heterocycles. The molecule has 1 saturated heterocycles. The summed E-state index contributed by atoms with van der Waals surface area (Å²) >= 11 is 0. The van der Waals surface area contributed by atoms with Crippen molar-refractivity contribution in [3.63, 3.8) is 0 Å². The third-order valence-electron chi connectivity index (χ3n) is 5.11. The summed E-state index contributed by atoms with van der Waals surface area (Å²) in [6.45, 7) is -0.365. The van der Waals surface area contributed by atoms with Crippen LogP contribution in [0, 0.1) is 0 Å². The van der Waals surface area contributed by atoms with Gasteiger partial charge in [-0.3, -0.25) is 4.99 Å². The topological polar surface area (TPSA) is 46.1 Å². The van der Waals surface area contributed by atoms with Crippen molar-refractivity contribution in [3.8, 4) is 11.5 Å². The van der Waals surface area contributed by atoms with Gasteiger partial charge in [0, 0.05) is 32.6 Å². The van der Waals surface area contributed by atoms with Crippen LogP contribution in [0.4, 0.5) is 8.78 Å². The molecule has 0 aliphatic carbocycles. The Kier molecular flexibility index (Phi) is 7.27. The zero-order valence-electron chi connectivity index (χ0n) is 16.8. The van der Waals surface area contributed by atoms with Crippen molar-refractivity contribution in [1.82, 2.24) is 10.2 Å². The van der Waals surface area contributed by atoms with E-state index >= 15 is 0 Å². The summed E-state index contributed by atoms with van der Waals surface area (Å²) in [5, 5.41) is 3.38. The van der Waals surface area contributed by atoms with Gasteiger partial charge in [-0.15, -0.1) is 0 Å². The molecule has 3 rings (SSSR count). The highest BCUT2D eigenvalue weighted by Crippen LogP contribution is 2.30. The lowest BCUT2D eigenvalue weighted by Gasteiger charge is -2.22. The molecule has 0 bridgehead atoms. The molecule has 5 nitrogen and oxygen atoms in total. The molecule has 1 atom stereocenters. The standard InChI is InChI=1S/C22H27F2N3O2/c1-25-22(27-13-11-18(15-27)17-6-4-3-5-7-17)26-12-10-16-8-9-19(28-2)20(14-16)29-21(23)24/h3-9,14,18,21H,10-13,15H2,1-2H3,(H,25,26). The number of methoxy groups -OCH3 is 1. The number of alkyl halides is 2. The second-order valence-electron chi connectivity index (χ2n) is 6.93. The number of guanidine groups is 1. The number of rotatable bonds is 7. The zero-order chi connectivity index (χ0) is 20.6. The van der Waals surface area contributed by atoms with E-state index in [1.165, 1.54) is 12.7 Å². The van der Waals surface area contributed by atoms with Gasteiger partial charge < -0.3 is 19.7 Å². The first-order valence-electron chi connectivity index (χ1n) is 9.73. The van der Waals surface area contributed by atoms with Crippen molar-refractivity contribution in [2.75, 3.05) is 33.8 Å². The fraction of sp³-hybridized carbons (Fsp3) is 0.409. The van der Waals surface area contributed by atoms with Crippen LogP contribution >= 0.6 is 0 Å². The number of benzene rings is 2. The minimum atomic E-state index is -2.89. The third kappa shape index (κ3) is 5.59. The van der Waals surface area contributed by atoms with Crippen molar-refractivity contribution >= 4 is 5.96 Å². The summed E-state index contributed by atoms with van der Waals surface area (Å²) in [7, 11) is 3.21. The van der Waals surface area contributed by atoms with E-state index in [9.17, 15) is 8.78 Å². The van der Waals surface area contributed by atoms with E-state index in [-0.39, 0.29) is 5.75 Å². The molecule has 1 N–H and O–H groups in total. The summed E-state index contributed by atoms with van der Waals surface area (Å²) in [6.07, 6.45) is 1.75. The molecule has 0 aromatic heterocycles. The molecule has 29 heavy (non-hydrogen) atoms. The summed E-state index contributed by atoms with van der Waals surface area (Å²) in [6, 6.07) is 15.6. The second kappa shape index (κ2) is 10.1.